The second-order valence-electron chi connectivity index (χ2n) is 9.88. The number of hydrogen-bond acceptors (Lipinski definition) is 4. The lowest BCUT2D eigenvalue weighted by Crippen LogP contribution is -2.44. The summed E-state index contributed by atoms with van der Waals surface area (Å²) < 4.78 is 1.72. The molecule has 0 bridgehead atoms. The molecule has 1 aromatic heterocycles. The van der Waals surface area contributed by atoms with E-state index in [1.807, 2.05) is 17.0 Å². The SMILES string of the molecule is CC(C)(C)c1ccc(C(=O)N2CCCCC2CCn2cc(C(=O)NC3CC3)nn2)cc1. The van der Waals surface area contributed by atoms with Gasteiger partial charge in [0.2, 0.25) is 0 Å². The number of amides is 2. The number of aromatic nitrogens is 3. The van der Waals surface area contributed by atoms with Gasteiger partial charge in [-0.15, -0.1) is 5.10 Å². The zero-order valence-corrected chi connectivity index (χ0v) is 18.8. The van der Waals surface area contributed by atoms with E-state index in [1.165, 1.54) is 5.56 Å². The fourth-order valence-corrected chi connectivity index (χ4v) is 4.13. The zero-order chi connectivity index (χ0) is 22.0. The molecule has 0 radical (unpaired) electrons. The Kier molecular flexibility index (Phi) is 6.12. The lowest BCUT2D eigenvalue weighted by atomic mass is 9.86. The van der Waals surface area contributed by atoms with Crippen LogP contribution in [0.3, 0.4) is 0 Å². The van der Waals surface area contributed by atoms with Crippen LogP contribution in [0.2, 0.25) is 0 Å². The fourth-order valence-electron chi connectivity index (χ4n) is 4.13. The van der Waals surface area contributed by atoms with E-state index in [-0.39, 0.29) is 23.3 Å². The third kappa shape index (κ3) is 5.32. The molecule has 1 saturated carbocycles. The van der Waals surface area contributed by atoms with Crippen LogP contribution in [0.4, 0.5) is 0 Å². The molecule has 0 spiro atoms. The average molecular weight is 424 g/mol. The van der Waals surface area contributed by atoms with Gasteiger partial charge in [-0.25, -0.2) is 0 Å². The van der Waals surface area contributed by atoms with Gasteiger partial charge in [-0.05, 0) is 61.6 Å². The summed E-state index contributed by atoms with van der Waals surface area (Å²) in [5.74, 6) is -0.0461. The highest BCUT2D eigenvalue weighted by Crippen LogP contribution is 2.25. The van der Waals surface area contributed by atoms with Crippen molar-refractivity contribution in [3.05, 3.63) is 47.3 Å². The first kappa shape index (κ1) is 21.5. The van der Waals surface area contributed by atoms with Crippen molar-refractivity contribution in [2.75, 3.05) is 6.54 Å². The summed E-state index contributed by atoms with van der Waals surface area (Å²) in [5, 5.41) is 11.1. The summed E-state index contributed by atoms with van der Waals surface area (Å²) in [6.07, 6.45) is 7.77. The molecule has 166 valence electrons. The second kappa shape index (κ2) is 8.81. The third-order valence-electron chi connectivity index (χ3n) is 6.26. The number of benzene rings is 1. The molecular weight excluding hydrogens is 390 g/mol. The highest BCUT2D eigenvalue weighted by atomic mass is 16.2. The number of likely N-dealkylation sites (tertiary alicyclic amines) is 1. The number of nitrogens with one attached hydrogen (secondary N) is 1. The summed E-state index contributed by atoms with van der Waals surface area (Å²) in [5.41, 5.74) is 2.41. The van der Waals surface area contributed by atoms with Crippen molar-refractivity contribution in [3.63, 3.8) is 0 Å². The Morgan fingerprint density at radius 2 is 1.84 bits per heavy atom. The molecule has 31 heavy (non-hydrogen) atoms. The molecule has 1 aromatic carbocycles. The average Bonchev–Trinajstić information content (AvgIpc) is 3.44. The Bertz CT molecular complexity index is 924. The number of nitrogens with zero attached hydrogens (tertiary/aromatic N) is 4. The molecule has 4 rings (SSSR count). The van der Waals surface area contributed by atoms with Gasteiger partial charge in [0.05, 0.1) is 6.20 Å². The molecule has 1 N–H and O–H groups in total. The van der Waals surface area contributed by atoms with E-state index < -0.39 is 0 Å². The summed E-state index contributed by atoms with van der Waals surface area (Å²) in [6.45, 7) is 7.96. The Labute approximate surface area is 184 Å². The second-order valence-corrected chi connectivity index (χ2v) is 9.88. The van der Waals surface area contributed by atoms with E-state index in [4.69, 9.17) is 0 Å². The monoisotopic (exact) mass is 423 g/mol. The number of hydrogen-bond donors (Lipinski definition) is 1. The quantitative estimate of drug-likeness (QED) is 0.770. The third-order valence-corrected chi connectivity index (χ3v) is 6.26. The maximum atomic E-state index is 13.2. The van der Waals surface area contributed by atoms with Gasteiger partial charge in [-0.2, -0.15) is 0 Å². The van der Waals surface area contributed by atoms with Gasteiger partial charge in [0.15, 0.2) is 5.69 Å². The lowest BCUT2D eigenvalue weighted by Gasteiger charge is -2.36. The highest BCUT2D eigenvalue weighted by Gasteiger charge is 2.28. The molecule has 1 atom stereocenters. The van der Waals surface area contributed by atoms with Crippen LogP contribution < -0.4 is 5.32 Å². The van der Waals surface area contributed by atoms with Crippen molar-refractivity contribution in [1.29, 1.82) is 0 Å². The van der Waals surface area contributed by atoms with Crippen molar-refractivity contribution in [2.24, 2.45) is 0 Å². The van der Waals surface area contributed by atoms with Crippen LogP contribution >= 0.6 is 0 Å². The summed E-state index contributed by atoms with van der Waals surface area (Å²) in [4.78, 5) is 27.4. The Morgan fingerprint density at radius 3 is 2.52 bits per heavy atom. The Morgan fingerprint density at radius 1 is 1.10 bits per heavy atom. The van der Waals surface area contributed by atoms with Crippen LogP contribution in [0, 0.1) is 0 Å². The molecule has 2 heterocycles. The highest BCUT2D eigenvalue weighted by molar-refractivity contribution is 5.94. The Hall–Kier alpha value is -2.70. The summed E-state index contributed by atoms with van der Waals surface area (Å²) in [7, 11) is 0. The molecule has 1 saturated heterocycles. The van der Waals surface area contributed by atoms with Gasteiger partial charge in [0, 0.05) is 30.7 Å². The van der Waals surface area contributed by atoms with E-state index in [9.17, 15) is 9.59 Å². The van der Waals surface area contributed by atoms with E-state index in [0.717, 1.165) is 50.6 Å². The number of aryl methyl sites for hydroxylation is 1. The van der Waals surface area contributed by atoms with Gasteiger partial charge in [-0.1, -0.05) is 38.1 Å². The largest absolute Gasteiger partial charge is 0.348 e. The van der Waals surface area contributed by atoms with Crippen molar-refractivity contribution >= 4 is 11.8 Å². The van der Waals surface area contributed by atoms with Gasteiger partial charge in [-0.3, -0.25) is 14.3 Å². The standard InChI is InChI=1S/C24H33N5O2/c1-24(2,3)18-9-7-17(8-10-18)23(31)29-14-5-4-6-20(29)13-15-28-16-21(26-27-28)22(30)25-19-11-12-19/h7-10,16,19-20H,4-6,11-15H2,1-3H3,(H,25,30). The Balaban J connectivity index is 1.37. The minimum absolute atomic E-state index is 0.0709. The topological polar surface area (TPSA) is 80.1 Å². The lowest BCUT2D eigenvalue weighted by molar-refractivity contribution is 0.0593. The molecule has 2 aromatic rings. The minimum Gasteiger partial charge on any atom is -0.348 e. The van der Waals surface area contributed by atoms with Crippen molar-refractivity contribution < 1.29 is 9.59 Å². The van der Waals surface area contributed by atoms with Crippen molar-refractivity contribution in [2.45, 2.75) is 83.3 Å². The van der Waals surface area contributed by atoms with E-state index in [0.29, 0.717) is 18.3 Å². The molecule has 2 amide bonds. The first-order valence-corrected chi connectivity index (χ1v) is 11.4. The van der Waals surface area contributed by atoms with Crippen LogP contribution in [-0.2, 0) is 12.0 Å². The maximum Gasteiger partial charge on any atom is 0.273 e. The first-order valence-electron chi connectivity index (χ1n) is 11.4. The van der Waals surface area contributed by atoms with Gasteiger partial charge >= 0.3 is 0 Å². The van der Waals surface area contributed by atoms with Crippen molar-refractivity contribution in [3.8, 4) is 0 Å². The molecular formula is C24H33N5O2. The zero-order valence-electron chi connectivity index (χ0n) is 18.8. The minimum atomic E-state index is -0.151. The van der Waals surface area contributed by atoms with Crippen LogP contribution in [0.5, 0.6) is 0 Å². The smallest absolute Gasteiger partial charge is 0.273 e. The van der Waals surface area contributed by atoms with Crippen LogP contribution in [0.25, 0.3) is 0 Å². The first-order chi connectivity index (χ1) is 14.8. The van der Waals surface area contributed by atoms with Gasteiger partial charge in [0.1, 0.15) is 0 Å². The van der Waals surface area contributed by atoms with E-state index in [2.05, 4.69) is 48.5 Å². The molecule has 1 aliphatic carbocycles. The predicted octanol–water partition coefficient (Wildman–Crippen LogP) is 3.55. The van der Waals surface area contributed by atoms with Crippen molar-refractivity contribution in [1.82, 2.24) is 25.2 Å². The van der Waals surface area contributed by atoms with Crippen LogP contribution in [0.1, 0.15) is 85.7 Å². The number of rotatable bonds is 6. The fraction of sp³-hybridized carbons (Fsp3) is 0.583. The molecule has 1 aliphatic heterocycles. The molecule has 1 unspecified atom stereocenters. The van der Waals surface area contributed by atoms with Gasteiger partial charge in [0.25, 0.3) is 11.8 Å². The van der Waals surface area contributed by atoms with Crippen LogP contribution in [0.15, 0.2) is 30.5 Å². The molecule has 7 heteroatoms. The normalized spacial score (nSPS) is 19.3. The molecule has 2 fully saturated rings. The van der Waals surface area contributed by atoms with E-state index in [1.54, 1.807) is 10.9 Å². The van der Waals surface area contributed by atoms with Gasteiger partial charge < -0.3 is 10.2 Å². The number of piperidine rings is 1. The van der Waals surface area contributed by atoms with E-state index >= 15 is 0 Å². The summed E-state index contributed by atoms with van der Waals surface area (Å²) in [6, 6.07) is 8.52. The van der Waals surface area contributed by atoms with Crippen LogP contribution in [-0.4, -0.2) is 50.3 Å². The maximum absolute atomic E-state index is 13.2. The molecule has 7 nitrogen and oxygen atoms in total. The number of carbonyl (C=O) groups excluding carboxylic acids is 2. The predicted molar refractivity (Wildman–Crippen MR) is 119 cm³/mol. The summed E-state index contributed by atoms with van der Waals surface area (Å²) >= 11 is 0. The molecule has 2 aliphatic rings. The number of carbonyl (C=O) groups is 2.